The summed E-state index contributed by atoms with van der Waals surface area (Å²) in [7, 11) is 0. The molecule has 36 heavy (non-hydrogen) atoms. The van der Waals surface area contributed by atoms with Gasteiger partial charge in [-0.1, -0.05) is 12.2 Å². The summed E-state index contributed by atoms with van der Waals surface area (Å²) in [5, 5.41) is 3.78. The number of carbonyl (C=O) groups excluding carboxylic acids is 3. The average molecular weight is 492 g/mol. The quantitative estimate of drug-likeness (QED) is 0.268. The molecule has 0 amide bonds. The minimum absolute atomic E-state index is 0.0264. The molecular weight excluding hydrogens is 466 g/mol. The number of esters is 1. The van der Waals surface area contributed by atoms with E-state index < -0.39 is 23.5 Å². The third-order valence-electron chi connectivity index (χ3n) is 4.85. The van der Waals surface area contributed by atoms with Gasteiger partial charge in [0.2, 0.25) is 5.78 Å². The molecule has 0 spiro atoms. The number of Topliss-reactive ketones (excluding diaryl/α,β-unsaturated/α-hetero) is 1. The van der Waals surface area contributed by atoms with Gasteiger partial charge in [-0.15, -0.1) is 0 Å². The van der Waals surface area contributed by atoms with Crippen LogP contribution in [0.2, 0.25) is 0 Å². The lowest BCUT2D eigenvalue weighted by Gasteiger charge is -2.18. The number of allylic oxidation sites excluding steroid dienone is 5. The van der Waals surface area contributed by atoms with E-state index in [-0.39, 0.29) is 30.3 Å². The van der Waals surface area contributed by atoms with Gasteiger partial charge in [0.05, 0.1) is 5.70 Å². The number of carbonyl (C=O) groups is 3. The van der Waals surface area contributed by atoms with Crippen molar-refractivity contribution in [2.24, 2.45) is 0 Å². The molecule has 10 nitrogen and oxygen atoms in total. The summed E-state index contributed by atoms with van der Waals surface area (Å²) in [4.78, 5) is 45.2. The maximum atomic E-state index is 13.3. The van der Waals surface area contributed by atoms with E-state index in [1.165, 1.54) is 6.08 Å². The number of ether oxygens (including phenoxy) is 4. The van der Waals surface area contributed by atoms with Gasteiger partial charge >= 0.3 is 12.1 Å². The highest BCUT2D eigenvalue weighted by Crippen LogP contribution is 2.32. The van der Waals surface area contributed by atoms with Gasteiger partial charge in [-0.3, -0.25) is 4.79 Å². The lowest BCUT2D eigenvalue weighted by atomic mass is 10.1. The van der Waals surface area contributed by atoms with Crippen LogP contribution in [-0.2, 0) is 28.5 Å². The van der Waals surface area contributed by atoms with Gasteiger partial charge in [0, 0.05) is 29.5 Å². The Bertz CT molecular complexity index is 1350. The van der Waals surface area contributed by atoms with Crippen LogP contribution >= 0.6 is 0 Å². The Morgan fingerprint density at radius 1 is 1.14 bits per heavy atom. The third-order valence-corrected chi connectivity index (χ3v) is 4.85. The van der Waals surface area contributed by atoms with E-state index in [1.807, 2.05) is 6.07 Å². The van der Waals surface area contributed by atoms with Crippen molar-refractivity contribution in [2.45, 2.75) is 26.4 Å². The number of hydrogen-bond donors (Lipinski definition) is 2. The van der Waals surface area contributed by atoms with Crippen molar-refractivity contribution in [3.05, 3.63) is 83.4 Å². The van der Waals surface area contributed by atoms with Gasteiger partial charge < -0.3 is 29.2 Å². The van der Waals surface area contributed by atoms with Crippen molar-refractivity contribution in [1.82, 2.24) is 15.3 Å². The average Bonchev–Trinajstić information content (AvgIpc) is 3.24. The van der Waals surface area contributed by atoms with E-state index in [0.717, 1.165) is 5.39 Å². The Balaban J connectivity index is 1.53. The molecule has 2 N–H and O–H groups in total. The molecule has 0 aromatic carbocycles. The second kappa shape index (κ2) is 10.3. The number of ketones is 1. The van der Waals surface area contributed by atoms with Crippen LogP contribution in [0.4, 0.5) is 4.79 Å². The predicted octanol–water partition coefficient (Wildman–Crippen LogP) is 3.81. The molecule has 0 saturated carbocycles. The van der Waals surface area contributed by atoms with E-state index >= 15 is 0 Å². The fourth-order valence-electron chi connectivity index (χ4n) is 3.35. The van der Waals surface area contributed by atoms with Gasteiger partial charge in [0.1, 0.15) is 24.5 Å². The number of aromatic amines is 1. The Morgan fingerprint density at radius 3 is 2.75 bits per heavy atom. The summed E-state index contributed by atoms with van der Waals surface area (Å²) in [5.41, 5.74) is 0.723. The van der Waals surface area contributed by atoms with E-state index in [1.54, 1.807) is 69.7 Å². The van der Waals surface area contributed by atoms with E-state index in [2.05, 4.69) is 15.3 Å². The molecule has 2 aliphatic heterocycles. The van der Waals surface area contributed by atoms with E-state index in [9.17, 15) is 14.4 Å². The molecular formula is C26H25N3O7. The standard InChI is InChI=1S/C26H25N3O7/c1-26(2,3)36-25(32)34-13-12-33-24(31)20-21(30)19(35-22(20)18-9-5-4-6-10-27-18)14-16-15-29-23-17(16)8-7-11-28-23/h4-11,14-15,27H,12-13H2,1-3H3,(H,28,29)/b19-14-. The summed E-state index contributed by atoms with van der Waals surface area (Å²) in [5.74, 6) is -1.57. The summed E-state index contributed by atoms with van der Waals surface area (Å²) in [6.07, 6.45) is 12.6. The van der Waals surface area contributed by atoms with Gasteiger partial charge in [0.25, 0.3) is 0 Å². The number of pyridine rings is 1. The number of aromatic nitrogens is 2. The SMILES string of the molecule is CC(C)(C)OC(=O)OCCOC(=O)C1=C(C2=CC=CC=CN2)O/C(=C\c2c[nH]c3ncccc23)C1=O. The van der Waals surface area contributed by atoms with Crippen LogP contribution in [0.3, 0.4) is 0 Å². The molecule has 4 heterocycles. The summed E-state index contributed by atoms with van der Waals surface area (Å²) >= 11 is 0. The highest BCUT2D eigenvalue weighted by molar-refractivity contribution is 6.27. The molecule has 0 bridgehead atoms. The van der Waals surface area contributed by atoms with Crippen LogP contribution in [0.1, 0.15) is 26.3 Å². The molecule has 0 atom stereocenters. The summed E-state index contributed by atoms with van der Waals surface area (Å²) in [6, 6.07) is 3.63. The molecule has 2 aromatic heterocycles. The molecule has 2 aliphatic rings. The second-order valence-electron chi connectivity index (χ2n) is 8.70. The first-order valence-corrected chi connectivity index (χ1v) is 11.2. The first kappa shape index (κ1) is 24.5. The summed E-state index contributed by atoms with van der Waals surface area (Å²) in [6.45, 7) is 4.59. The molecule has 186 valence electrons. The molecule has 0 unspecified atom stereocenters. The van der Waals surface area contributed by atoms with Gasteiger partial charge in [-0.05, 0) is 51.1 Å². The molecule has 10 heteroatoms. The summed E-state index contributed by atoms with van der Waals surface area (Å²) < 4.78 is 21.0. The minimum atomic E-state index is -0.910. The lowest BCUT2D eigenvalue weighted by molar-refractivity contribution is -0.141. The zero-order valence-corrected chi connectivity index (χ0v) is 20.0. The number of nitrogens with zero attached hydrogens (tertiary/aromatic N) is 1. The Kier molecular flexibility index (Phi) is 7.05. The normalized spacial score (nSPS) is 16.5. The van der Waals surface area contributed by atoms with Crippen LogP contribution < -0.4 is 5.32 Å². The Labute approximate surface area is 207 Å². The fourth-order valence-corrected chi connectivity index (χ4v) is 3.35. The van der Waals surface area contributed by atoms with Crippen LogP contribution in [-0.4, -0.2) is 46.7 Å². The highest BCUT2D eigenvalue weighted by atomic mass is 16.7. The largest absolute Gasteiger partial charge is 0.508 e. The van der Waals surface area contributed by atoms with Crippen LogP contribution in [0, 0.1) is 0 Å². The van der Waals surface area contributed by atoms with Crippen molar-refractivity contribution in [3.63, 3.8) is 0 Å². The zero-order valence-electron chi connectivity index (χ0n) is 20.0. The predicted molar refractivity (Wildman–Crippen MR) is 130 cm³/mol. The maximum Gasteiger partial charge on any atom is 0.508 e. The van der Waals surface area contributed by atoms with Crippen molar-refractivity contribution in [2.75, 3.05) is 13.2 Å². The van der Waals surface area contributed by atoms with Crippen molar-refractivity contribution < 1.29 is 33.3 Å². The highest BCUT2D eigenvalue weighted by Gasteiger charge is 2.38. The molecule has 0 fully saturated rings. The topological polar surface area (TPSA) is 129 Å². The van der Waals surface area contributed by atoms with Crippen LogP contribution in [0.25, 0.3) is 17.1 Å². The number of hydrogen-bond acceptors (Lipinski definition) is 9. The van der Waals surface area contributed by atoms with Crippen molar-refractivity contribution >= 4 is 35.0 Å². The molecule has 2 aromatic rings. The molecule has 0 radical (unpaired) electrons. The Morgan fingerprint density at radius 2 is 1.94 bits per heavy atom. The van der Waals surface area contributed by atoms with Crippen LogP contribution in [0.5, 0.6) is 0 Å². The maximum absolute atomic E-state index is 13.3. The van der Waals surface area contributed by atoms with Crippen molar-refractivity contribution in [1.29, 1.82) is 0 Å². The second-order valence-corrected chi connectivity index (χ2v) is 8.70. The first-order chi connectivity index (χ1) is 17.2. The van der Waals surface area contributed by atoms with Crippen molar-refractivity contribution in [3.8, 4) is 0 Å². The zero-order chi connectivity index (χ0) is 25.7. The Hall–Kier alpha value is -4.60. The van der Waals surface area contributed by atoms with E-state index in [0.29, 0.717) is 16.9 Å². The third kappa shape index (κ3) is 5.72. The monoisotopic (exact) mass is 491 g/mol. The van der Waals surface area contributed by atoms with Crippen LogP contribution in [0.15, 0.2) is 77.8 Å². The molecule has 4 rings (SSSR count). The van der Waals surface area contributed by atoms with Gasteiger partial charge in [-0.2, -0.15) is 0 Å². The minimum Gasteiger partial charge on any atom is -0.458 e. The number of fused-ring (bicyclic) bond motifs is 1. The number of H-pyrrole nitrogens is 1. The number of nitrogens with one attached hydrogen (secondary N) is 2. The fraction of sp³-hybridized carbons (Fsp3) is 0.231. The first-order valence-electron chi connectivity index (χ1n) is 11.2. The van der Waals surface area contributed by atoms with E-state index in [4.69, 9.17) is 18.9 Å². The van der Waals surface area contributed by atoms with Gasteiger partial charge in [0.15, 0.2) is 17.1 Å². The molecule has 0 aliphatic carbocycles. The lowest BCUT2D eigenvalue weighted by Crippen LogP contribution is -2.26. The van der Waals surface area contributed by atoms with Gasteiger partial charge in [-0.25, -0.2) is 14.6 Å². The number of rotatable bonds is 6. The smallest absolute Gasteiger partial charge is 0.458 e. The molecule has 0 saturated heterocycles.